The predicted molar refractivity (Wildman–Crippen MR) is 75.7 cm³/mol. The van der Waals surface area contributed by atoms with Gasteiger partial charge in [0.1, 0.15) is 0 Å². The van der Waals surface area contributed by atoms with Crippen LogP contribution in [-0.2, 0) is 0 Å². The van der Waals surface area contributed by atoms with Crippen molar-refractivity contribution in [1.29, 1.82) is 5.26 Å². The molecular weight excluding hydrogens is 220 g/mol. The van der Waals surface area contributed by atoms with Crippen LogP contribution >= 0.6 is 0 Å². The minimum atomic E-state index is 0.696. The van der Waals surface area contributed by atoms with Crippen LogP contribution in [0.4, 0.5) is 5.69 Å². The Labute approximate surface area is 108 Å². The number of rotatable bonds is 2. The third kappa shape index (κ3) is 2.36. The number of benzene rings is 2. The summed E-state index contributed by atoms with van der Waals surface area (Å²) in [6.45, 7) is 2.11. The van der Waals surface area contributed by atoms with Crippen LogP contribution < -0.4 is 4.90 Å². The number of anilines is 1. The van der Waals surface area contributed by atoms with Crippen LogP contribution in [0.25, 0.3) is 11.1 Å². The monoisotopic (exact) mass is 236 g/mol. The normalized spacial score (nSPS) is 9.89. The van der Waals surface area contributed by atoms with Crippen molar-refractivity contribution in [3.8, 4) is 17.2 Å². The van der Waals surface area contributed by atoms with E-state index in [1.165, 1.54) is 16.8 Å². The molecule has 0 saturated heterocycles. The van der Waals surface area contributed by atoms with E-state index in [0.29, 0.717) is 5.56 Å². The van der Waals surface area contributed by atoms with Crippen LogP contribution in [0, 0.1) is 18.3 Å². The summed E-state index contributed by atoms with van der Waals surface area (Å²) < 4.78 is 0. The summed E-state index contributed by atoms with van der Waals surface area (Å²) in [5.41, 5.74) is 5.50. The van der Waals surface area contributed by atoms with Gasteiger partial charge in [-0.2, -0.15) is 5.26 Å². The highest BCUT2D eigenvalue weighted by Gasteiger charge is 2.04. The van der Waals surface area contributed by atoms with Crippen molar-refractivity contribution in [3.05, 3.63) is 53.6 Å². The molecule has 0 radical (unpaired) electrons. The second kappa shape index (κ2) is 4.93. The summed E-state index contributed by atoms with van der Waals surface area (Å²) in [6, 6.07) is 16.3. The first-order valence-electron chi connectivity index (χ1n) is 5.90. The van der Waals surface area contributed by atoms with Crippen molar-refractivity contribution >= 4 is 5.69 Å². The summed E-state index contributed by atoms with van der Waals surface area (Å²) in [6.07, 6.45) is 0. The molecule has 2 aromatic carbocycles. The Bertz CT molecular complexity index is 589. The molecule has 90 valence electrons. The van der Waals surface area contributed by atoms with Crippen LogP contribution in [0.3, 0.4) is 0 Å². The van der Waals surface area contributed by atoms with Crippen LogP contribution in [0.5, 0.6) is 0 Å². The smallest absolute Gasteiger partial charge is 0.0991 e. The Morgan fingerprint density at radius 1 is 1.00 bits per heavy atom. The molecule has 18 heavy (non-hydrogen) atoms. The summed E-state index contributed by atoms with van der Waals surface area (Å²) >= 11 is 0. The molecule has 2 heteroatoms. The fraction of sp³-hybridized carbons (Fsp3) is 0.188. The van der Waals surface area contributed by atoms with Crippen molar-refractivity contribution in [2.75, 3.05) is 19.0 Å². The molecule has 0 aliphatic rings. The van der Waals surface area contributed by atoms with E-state index < -0.39 is 0 Å². The van der Waals surface area contributed by atoms with Crippen molar-refractivity contribution in [2.45, 2.75) is 6.92 Å². The topological polar surface area (TPSA) is 27.0 Å². The van der Waals surface area contributed by atoms with Gasteiger partial charge in [0, 0.05) is 19.8 Å². The van der Waals surface area contributed by atoms with Crippen LogP contribution in [-0.4, -0.2) is 14.1 Å². The molecule has 2 aromatic rings. The molecule has 0 unspecified atom stereocenters. The van der Waals surface area contributed by atoms with E-state index in [0.717, 1.165) is 5.56 Å². The van der Waals surface area contributed by atoms with Crippen LogP contribution in [0.15, 0.2) is 42.5 Å². The molecule has 0 aliphatic heterocycles. The molecule has 0 spiro atoms. The van der Waals surface area contributed by atoms with Crippen molar-refractivity contribution in [3.63, 3.8) is 0 Å². The molecule has 0 heterocycles. The molecule has 0 fully saturated rings. The number of nitrogens with zero attached hydrogens (tertiary/aromatic N) is 2. The molecule has 0 aliphatic carbocycles. The lowest BCUT2D eigenvalue weighted by Gasteiger charge is -2.15. The third-order valence-electron chi connectivity index (χ3n) is 3.05. The maximum Gasteiger partial charge on any atom is 0.0991 e. The highest BCUT2D eigenvalue weighted by Crippen LogP contribution is 2.26. The van der Waals surface area contributed by atoms with E-state index >= 15 is 0 Å². The van der Waals surface area contributed by atoms with E-state index in [2.05, 4.69) is 36.1 Å². The average molecular weight is 236 g/mol. The third-order valence-corrected chi connectivity index (χ3v) is 3.05. The standard InChI is InChI=1S/C16H16N2/c1-12-10-15(18(2)3)8-9-16(12)14-6-4-13(11-17)5-7-14/h4-10H,1-3H3. The van der Waals surface area contributed by atoms with E-state index in [4.69, 9.17) is 5.26 Å². The number of nitriles is 1. The van der Waals surface area contributed by atoms with Gasteiger partial charge in [-0.1, -0.05) is 18.2 Å². The molecule has 2 rings (SSSR count). The molecule has 2 nitrogen and oxygen atoms in total. The Hall–Kier alpha value is -2.27. The van der Waals surface area contributed by atoms with Gasteiger partial charge in [-0.25, -0.2) is 0 Å². The van der Waals surface area contributed by atoms with E-state index in [-0.39, 0.29) is 0 Å². The van der Waals surface area contributed by atoms with Gasteiger partial charge in [0.2, 0.25) is 0 Å². The second-order valence-corrected chi connectivity index (χ2v) is 4.58. The van der Waals surface area contributed by atoms with Gasteiger partial charge in [-0.3, -0.25) is 0 Å². The maximum absolute atomic E-state index is 8.80. The van der Waals surface area contributed by atoms with Crippen LogP contribution in [0.2, 0.25) is 0 Å². The fourth-order valence-corrected chi connectivity index (χ4v) is 1.97. The number of hydrogen-bond donors (Lipinski definition) is 0. The Kier molecular flexibility index (Phi) is 3.34. The van der Waals surface area contributed by atoms with E-state index in [9.17, 15) is 0 Å². The first-order chi connectivity index (χ1) is 8.61. The van der Waals surface area contributed by atoms with Crippen LogP contribution in [0.1, 0.15) is 11.1 Å². The van der Waals surface area contributed by atoms with Gasteiger partial charge < -0.3 is 4.90 Å². The Morgan fingerprint density at radius 2 is 1.67 bits per heavy atom. The first kappa shape index (κ1) is 12.2. The summed E-state index contributed by atoms with van der Waals surface area (Å²) in [5, 5.41) is 8.80. The van der Waals surface area contributed by atoms with Gasteiger partial charge in [-0.05, 0) is 47.9 Å². The maximum atomic E-state index is 8.80. The van der Waals surface area contributed by atoms with Gasteiger partial charge >= 0.3 is 0 Å². The summed E-state index contributed by atoms with van der Waals surface area (Å²) in [5.74, 6) is 0. The lowest BCUT2D eigenvalue weighted by molar-refractivity contribution is 1.13. The average Bonchev–Trinajstić information content (AvgIpc) is 2.38. The molecule has 0 N–H and O–H groups in total. The first-order valence-corrected chi connectivity index (χ1v) is 5.90. The van der Waals surface area contributed by atoms with Crippen molar-refractivity contribution in [2.24, 2.45) is 0 Å². The Morgan fingerprint density at radius 3 is 2.17 bits per heavy atom. The van der Waals surface area contributed by atoms with Gasteiger partial charge in [-0.15, -0.1) is 0 Å². The zero-order valence-electron chi connectivity index (χ0n) is 10.9. The summed E-state index contributed by atoms with van der Waals surface area (Å²) in [4.78, 5) is 2.09. The molecule has 0 saturated carbocycles. The molecular formula is C16H16N2. The predicted octanol–water partition coefficient (Wildman–Crippen LogP) is 3.60. The van der Waals surface area contributed by atoms with Gasteiger partial charge in [0.05, 0.1) is 11.6 Å². The Balaban J connectivity index is 2.42. The molecule has 0 bridgehead atoms. The highest BCUT2D eigenvalue weighted by molar-refractivity contribution is 5.70. The zero-order valence-corrected chi connectivity index (χ0v) is 10.9. The SMILES string of the molecule is Cc1cc(N(C)C)ccc1-c1ccc(C#N)cc1. The quantitative estimate of drug-likeness (QED) is 0.796. The molecule has 0 atom stereocenters. The minimum Gasteiger partial charge on any atom is -0.378 e. The van der Waals surface area contributed by atoms with Gasteiger partial charge in [0.15, 0.2) is 0 Å². The highest BCUT2D eigenvalue weighted by atomic mass is 15.1. The number of hydrogen-bond acceptors (Lipinski definition) is 2. The van der Waals surface area contributed by atoms with Crippen molar-refractivity contribution in [1.82, 2.24) is 0 Å². The number of aryl methyl sites for hydroxylation is 1. The minimum absolute atomic E-state index is 0.696. The van der Waals surface area contributed by atoms with E-state index in [1.54, 1.807) is 0 Å². The second-order valence-electron chi connectivity index (χ2n) is 4.58. The largest absolute Gasteiger partial charge is 0.378 e. The zero-order chi connectivity index (χ0) is 13.1. The molecule has 0 aromatic heterocycles. The lowest BCUT2D eigenvalue weighted by atomic mass is 9.99. The van der Waals surface area contributed by atoms with Gasteiger partial charge in [0.25, 0.3) is 0 Å². The van der Waals surface area contributed by atoms with Crippen molar-refractivity contribution < 1.29 is 0 Å². The molecule has 0 amide bonds. The fourth-order valence-electron chi connectivity index (χ4n) is 1.97. The lowest BCUT2D eigenvalue weighted by Crippen LogP contribution is -2.08. The van der Waals surface area contributed by atoms with E-state index in [1.807, 2.05) is 38.4 Å². The summed E-state index contributed by atoms with van der Waals surface area (Å²) in [7, 11) is 4.08.